The SMILES string of the molecule is ClC1=C(Cl)C2(Cl)CCC1(Cl)C2(Cl)Cl. The first kappa shape index (κ1) is 11.0. The third-order valence-corrected chi connectivity index (χ3v) is 7.01. The van der Waals surface area contributed by atoms with E-state index in [9.17, 15) is 0 Å². The second-order valence-electron chi connectivity index (χ2n) is 3.30. The van der Waals surface area contributed by atoms with E-state index in [0.29, 0.717) is 12.8 Å². The Balaban J connectivity index is 2.67. The maximum atomic E-state index is 6.20. The molecule has 2 aliphatic rings. The van der Waals surface area contributed by atoms with E-state index in [1.807, 2.05) is 0 Å². The number of allylic oxidation sites excluding steroid dienone is 2. The summed E-state index contributed by atoms with van der Waals surface area (Å²) in [5.74, 6) is 0. The Morgan fingerprint density at radius 2 is 1.08 bits per heavy atom. The highest BCUT2D eigenvalue weighted by atomic mass is 35.5. The third kappa shape index (κ3) is 0.984. The molecule has 1 fully saturated rings. The quantitative estimate of drug-likeness (QED) is 0.573. The highest BCUT2D eigenvalue weighted by molar-refractivity contribution is 6.65. The Morgan fingerprint density at radius 1 is 0.769 bits per heavy atom. The highest BCUT2D eigenvalue weighted by Gasteiger charge is 2.74. The summed E-state index contributed by atoms with van der Waals surface area (Å²) in [7, 11) is 0. The van der Waals surface area contributed by atoms with Crippen LogP contribution in [0.25, 0.3) is 0 Å². The molecule has 0 aromatic carbocycles. The Morgan fingerprint density at radius 3 is 1.23 bits per heavy atom. The van der Waals surface area contributed by atoms with Crippen LogP contribution < -0.4 is 0 Å². The molecule has 2 aliphatic carbocycles. The van der Waals surface area contributed by atoms with Crippen molar-refractivity contribution in [3.8, 4) is 0 Å². The van der Waals surface area contributed by atoms with E-state index in [1.54, 1.807) is 0 Å². The van der Waals surface area contributed by atoms with Crippen molar-refractivity contribution in [1.82, 2.24) is 0 Å². The lowest BCUT2D eigenvalue weighted by Crippen LogP contribution is -2.42. The fraction of sp³-hybridized carbons (Fsp3) is 0.714. The summed E-state index contributed by atoms with van der Waals surface area (Å²) in [4.78, 5) is -2.03. The van der Waals surface area contributed by atoms with Gasteiger partial charge in [-0.1, -0.05) is 46.4 Å². The fourth-order valence-corrected chi connectivity index (χ4v) is 4.41. The fourth-order valence-electron chi connectivity index (χ4n) is 1.82. The summed E-state index contributed by atoms with van der Waals surface area (Å²) in [5.41, 5.74) is 0. The normalized spacial score (nSPS) is 47.5. The number of hydrogen-bond donors (Lipinski definition) is 0. The number of fused-ring (bicyclic) bond motifs is 2. The molecule has 0 spiro atoms. The van der Waals surface area contributed by atoms with Gasteiger partial charge in [-0.05, 0) is 12.8 Å². The minimum absolute atomic E-state index is 0.280. The minimum atomic E-state index is -1.32. The van der Waals surface area contributed by atoms with E-state index in [2.05, 4.69) is 0 Å². The van der Waals surface area contributed by atoms with Crippen LogP contribution in [-0.4, -0.2) is 14.1 Å². The van der Waals surface area contributed by atoms with Gasteiger partial charge in [0, 0.05) is 0 Å². The molecule has 0 heterocycles. The zero-order valence-electron chi connectivity index (χ0n) is 6.18. The molecule has 2 unspecified atom stereocenters. The summed E-state index contributed by atoms with van der Waals surface area (Å²) >= 11 is 36.5. The second kappa shape index (κ2) is 2.78. The molecule has 2 bridgehead atoms. The van der Waals surface area contributed by atoms with E-state index in [0.717, 1.165) is 0 Å². The summed E-state index contributed by atoms with van der Waals surface area (Å²) in [6.07, 6.45) is 1.08. The highest BCUT2D eigenvalue weighted by Crippen LogP contribution is 2.72. The van der Waals surface area contributed by atoms with Crippen molar-refractivity contribution in [2.45, 2.75) is 26.9 Å². The predicted octanol–water partition coefficient (Wildman–Crippen LogP) is 4.61. The van der Waals surface area contributed by atoms with Crippen LogP contribution in [-0.2, 0) is 0 Å². The third-order valence-electron chi connectivity index (χ3n) is 2.70. The Kier molecular flexibility index (Phi) is 2.35. The molecule has 2 atom stereocenters. The van der Waals surface area contributed by atoms with Gasteiger partial charge in [-0.3, -0.25) is 0 Å². The molecule has 13 heavy (non-hydrogen) atoms. The molecular weight excluding hydrogens is 297 g/mol. The van der Waals surface area contributed by atoms with E-state index >= 15 is 0 Å². The number of alkyl halides is 4. The molecule has 0 aromatic rings. The van der Waals surface area contributed by atoms with Crippen molar-refractivity contribution < 1.29 is 0 Å². The van der Waals surface area contributed by atoms with Crippen molar-refractivity contribution in [2.75, 3.05) is 0 Å². The van der Waals surface area contributed by atoms with Gasteiger partial charge in [0.05, 0.1) is 10.1 Å². The minimum Gasteiger partial charge on any atom is -0.110 e. The van der Waals surface area contributed by atoms with Gasteiger partial charge < -0.3 is 0 Å². The topological polar surface area (TPSA) is 0 Å². The standard InChI is InChI=1S/C7H4Cl6/c8-3-4(9)6(11)2-1-5(3,10)7(6,12)13/h1-2H2. The van der Waals surface area contributed by atoms with Crippen LogP contribution in [0.2, 0.25) is 0 Å². The molecular formula is C7H4Cl6. The van der Waals surface area contributed by atoms with Crippen molar-refractivity contribution in [1.29, 1.82) is 0 Å². The van der Waals surface area contributed by atoms with Gasteiger partial charge in [-0.2, -0.15) is 0 Å². The summed E-state index contributed by atoms with van der Waals surface area (Å²) in [6.45, 7) is 0. The van der Waals surface area contributed by atoms with Crippen LogP contribution >= 0.6 is 69.6 Å². The smallest absolute Gasteiger partial charge is 0.110 e. The Labute approximate surface area is 106 Å². The van der Waals surface area contributed by atoms with Gasteiger partial charge in [0.1, 0.15) is 9.75 Å². The van der Waals surface area contributed by atoms with Gasteiger partial charge in [0.2, 0.25) is 0 Å². The van der Waals surface area contributed by atoms with Crippen molar-refractivity contribution in [3.63, 3.8) is 0 Å². The monoisotopic (exact) mass is 298 g/mol. The first-order valence-electron chi connectivity index (χ1n) is 3.59. The van der Waals surface area contributed by atoms with Gasteiger partial charge >= 0.3 is 0 Å². The number of hydrogen-bond acceptors (Lipinski definition) is 0. The summed E-state index contributed by atoms with van der Waals surface area (Å²) in [5, 5.41) is 0.559. The average molecular weight is 301 g/mol. The van der Waals surface area contributed by atoms with Crippen LogP contribution in [0.3, 0.4) is 0 Å². The molecule has 74 valence electrons. The van der Waals surface area contributed by atoms with Crippen LogP contribution in [0.15, 0.2) is 10.1 Å². The first-order chi connectivity index (χ1) is 5.77. The average Bonchev–Trinajstić information content (AvgIpc) is 2.28. The zero-order valence-corrected chi connectivity index (χ0v) is 10.7. The van der Waals surface area contributed by atoms with Gasteiger partial charge in [0.15, 0.2) is 4.33 Å². The van der Waals surface area contributed by atoms with E-state index in [1.165, 1.54) is 0 Å². The van der Waals surface area contributed by atoms with E-state index < -0.39 is 14.1 Å². The largest absolute Gasteiger partial charge is 0.166 e. The maximum absolute atomic E-state index is 6.20. The van der Waals surface area contributed by atoms with E-state index in [4.69, 9.17) is 69.6 Å². The predicted molar refractivity (Wildman–Crippen MR) is 59.6 cm³/mol. The molecule has 0 aliphatic heterocycles. The van der Waals surface area contributed by atoms with Crippen molar-refractivity contribution >= 4 is 69.6 Å². The molecule has 0 amide bonds. The Bertz CT molecular complexity index is 280. The molecule has 2 rings (SSSR count). The van der Waals surface area contributed by atoms with Gasteiger partial charge in [0.25, 0.3) is 0 Å². The number of halogens is 6. The van der Waals surface area contributed by atoms with Crippen molar-refractivity contribution in [3.05, 3.63) is 10.1 Å². The number of rotatable bonds is 0. The summed E-state index contributed by atoms with van der Waals surface area (Å²) < 4.78 is -1.32. The lowest BCUT2D eigenvalue weighted by Gasteiger charge is -2.30. The van der Waals surface area contributed by atoms with Gasteiger partial charge in [-0.15, -0.1) is 23.2 Å². The van der Waals surface area contributed by atoms with Crippen molar-refractivity contribution in [2.24, 2.45) is 0 Å². The lowest BCUT2D eigenvalue weighted by molar-refractivity contribution is 0.683. The van der Waals surface area contributed by atoms with Gasteiger partial charge in [-0.25, -0.2) is 0 Å². The molecule has 0 nitrogen and oxygen atoms in total. The van der Waals surface area contributed by atoms with Crippen LogP contribution in [0, 0.1) is 0 Å². The molecule has 0 saturated heterocycles. The van der Waals surface area contributed by atoms with Crippen LogP contribution in [0.4, 0.5) is 0 Å². The maximum Gasteiger partial charge on any atom is 0.166 e. The molecule has 0 radical (unpaired) electrons. The molecule has 0 aromatic heterocycles. The molecule has 0 N–H and O–H groups in total. The van der Waals surface area contributed by atoms with Crippen LogP contribution in [0.1, 0.15) is 12.8 Å². The first-order valence-corrected chi connectivity index (χ1v) is 5.86. The lowest BCUT2D eigenvalue weighted by atomic mass is 10.1. The molecule has 6 heteroatoms. The summed E-state index contributed by atoms with van der Waals surface area (Å²) in [6, 6.07) is 0. The zero-order chi connectivity index (χ0) is 10.1. The second-order valence-corrected chi connectivity index (χ2v) is 6.68. The molecule has 1 saturated carbocycles. The van der Waals surface area contributed by atoms with E-state index in [-0.39, 0.29) is 10.1 Å². The Hall–Kier alpha value is 1.48. The van der Waals surface area contributed by atoms with Crippen LogP contribution in [0.5, 0.6) is 0 Å².